The van der Waals surface area contributed by atoms with E-state index >= 15 is 4.39 Å². The number of methoxy groups -OCH3 is 1. The number of anilines is 1. The van der Waals surface area contributed by atoms with Crippen molar-refractivity contribution in [1.29, 1.82) is 0 Å². The number of esters is 2. The molecule has 3 aliphatic rings. The highest BCUT2D eigenvalue weighted by atomic mass is 19.1. The van der Waals surface area contributed by atoms with Crippen LogP contribution >= 0.6 is 0 Å². The second-order valence-electron chi connectivity index (χ2n) is 19.1. The Kier molecular flexibility index (Phi) is 15.6. The minimum Gasteiger partial charge on any atom is -0.479 e. The van der Waals surface area contributed by atoms with Gasteiger partial charge in [0.15, 0.2) is 11.8 Å². The molecule has 1 fully saturated rings. The van der Waals surface area contributed by atoms with Crippen molar-refractivity contribution in [2.75, 3.05) is 32.2 Å². The lowest BCUT2D eigenvalue weighted by Gasteiger charge is -2.50. The molecule has 0 radical (unpaired) electrons. The summed E-state index contributed by atoms with van der Waals surface area (Å²) in [5, 5.41) is 25.9. The zero-order chi connectivity index (χ0) is 49.6. The zero-order valence-corrected chi connectivity index (χ0v) is 39.3. The van der Waals surface area contributed by atoms with Crippen LogP contribution in [0.3, 0.4) is 0 Å². The lowest BCUT2D eigenvalue weighted by Crippen LogP contribution is -2.63. The number of likely N-dealkylation sites (N-methyl/N-ethyl adjacent to an activating group) is 1. The number of aliphatic imine (C=N–C) groups is 1. The summed E-state index contributed by atoms with van der Waals surface area (Å²) >= 11 is 0. The number of aliphatic carboxylic acids is 2. The molecule has 5 atom stereocenters. The van der Waals surface area contributed by atoms with Crippen LogP contribution in [-0.4, -0.2) is 107 Å². The first-order valence-corrected chi connectivity index (χ1v) is 22.7. The Morgan fingerprint density at radius 3 is 2.28 bits per heavy atom. The molecule has 1 aliphatic heterocycles. The monoisotopic (exact) mass is 937 g/mol. The van der Waals surface area contributed by atoms with Crippen LogP contribution in [0.4, 0.5) is 10.1 Å². The molecule has 4 unspecified atom stereocenters. The standard InChI is InChI=1S/C51H60FN5O11/c1-31-12-21-41(58)51(31,29-68-48(66)49(2,3)4)57(36-18-20-40-35(25-36)28-56(5)30-53-40)37-17-19-38(39(52)26-37)45(61)55-50(47(64)65,27-33-10-8-7-9-11-33)23-22-42(59)54-44(46(62)63)34-15-13-32(14-16-34)24-43(60)67-6/h7-11,13-17,19,26,30-31,36,44H,12,18,20-25,27-29H2,1-6H3,(H,54,59)(H,55,61)(H,62,63)(H,64,65)/t31?,36?,44?,50-,51?/m1/s1. The zero-order valence-electron chi connectivity index (χ0n) is 39.3. The number of rotatable bonds is 18. The average Bonchev–Trinajstić information content (AvgIpc) is 3.58. The van der Waals surface area contributed by atoms with Crippen molar-refractivity contribution in [3.63, 3.8) is 0 Å². The Morgan fingerprint density at radius 1 is 0.971 bits per heavy atom. The fourth-order valence-electron chi connectivity index (χ4n) is 9.34. The van der Waals surface area contributed by atoms with Gasteiger partial charge in [0.05, 0.1) is 30.8 Å². The summed E-state index contributed by atoms with van der Waals surface area (Å²) in [7, 11) is 3.15. The van der Waals surface area contributed by atoms with Gasteiger partial charge >= 0.3 is 23.9 Å². The Hall–Kier alpha value is -6.91. The van der Waals surface area contributed by atoms with E-state index in [0.29, 0.717) is 43.4 Å². The number of allylic oxidation sites excluding steroid dienone is 1. The summed E-state index contributed by atoms with van der Waals surface area (Å²) in [6, 6.07) is 16.2. The van der Waals surface area contributed by atoms with E-state index in [-0.39, 0.29) is 54.9 Å². The molecule has 4 N–H and O–H groups in total. The van der Waals surface area contributed by atoms with Crippen LogP contribution in [-0.2, 0) is 51.1 Å². The number of carboxylic acid groups (broad SMARTS) is 2. The molecule has 1 heterocycles. The van der Waals surface area contributed by atoms with E-state index in [1.165, 1.54) is 43.5 Å². The molecule has 3 aromatic rings. The van der Waals surface area contributed by atoms with Crippen LogP contribution in [0.15, 0.2) is 89.1 Å². The molecule has 6 rings (SSSR count). The normalized spacial score (nSPS) is 20.4. The first-order valence-electron chi connectivity index (χ1n) is 22.7. The van der Waals surface area contributed by atoms with Gasteiger partial charge < -0.3 is 40.1 Å². The molecule has 362 valence electrons. The lowest BCUT2D eigenvalue weighted by molar-refractivity contribution is -0.156. The number of halogens is 1. The summed E-state index contributed by atoms with van der Waals surface area (Å²) < 4.78 is 27.5. The summed E-state index contributed by atoms with van der Waals surface area (Å²) in [6.45, 7) is 7.39. The molecule has 2 amide bonds. The number of ketones is 1. The van der Waals surface area contributed by atoms with Crippen LogP contribution in [0.5, 0.6) is 0 Å². The number of benzene rings is 3. The van der Waals surface area contributed by atoms with E-state index in [1.54, 1.807) is 57.4 Å². The third-order valence-electron chi connectivity index (χ3n) is 13.2. The number of amides is 2. The number of carbonyl (C=O) groups excluding carboxylic acids is 5. The van der Waals surface area contributed by atoms with Crippen LogP contribution < -0.4 is 15.5 Å². The largest absolute Gasteiger partial charge is 0.479 e. The van der Waals surface area contributed by atoms with Crippen molar-refractivity contribution in [2.24, 2.45) is 16.3 Å². The highest BCUT2D eigenvalue weighted by molar-refractivity contribution is 5.99. The maximum Gasteiger partial charge on any atom is 0.330 e. The van der Waals surface area contributed by atoms with Gasteiger partial charge in [0.2, 0.25) is 5.91 Å². The minimum absolute atomic E-state index is 0.0522. The van der Waals surface area contributed by atoms with Gasteiger partial charge in [0.25, 0.3) is 5.91 Å². The Balaban J connectivity index is 1.31. The molecule has 2 aliphatic carbocycles. The van der Waals surface area contributed by atoms with Crippen molar-refractivity contribution in [2.45, 2.75) is 109 Å². The molecule has 0 bridgehead atoms. The number of ether oxygens (including phenoxy) is 2. The SMILES string of the molecule is COC(=O)Cc1ccc(C(NC(=O)CC[C@](Cc2ccccc2)(NC(=O)c2ccc(N(C3CCC4=C(C3)CN(C)C=N4)C3(COC(=O)C(C)(C)C)C(=O)CCC3C)cc2F)C(=O)O)C(=O)O)cc1. The van der Waals surface area contributed by atoms with Crippen molar-refractivity contribution in [1.82, 2.24) is 15.5 Å². The van der Waals surface area contributed by atoms with Crippen LogP contribution in [0.2, 0.25) is 0 Å². The van der Waals surface area contributed by atoms with Crippen LogP contribution in [0, 0.1) is 17.2 Å². The number of Topliss-reactive ketones (excluding diaryl/α,β-unsaturated/α-hetero) is 1. The quantitative estimate of drug-likeness (QED) is 0.108. The van der Waals surface area contributed by atoms with Gasteiger partial charge in [0.1, 0.15) is 23.5 Å². The molecule has 16 nitrogen and oxygen atoms in total. The first-order chi connectivity index (χ1) is 32.2. The average molecular weight is 938 g/mol. The Bertz CT molecular complexity index is 2490. The third kappa shape index (κ3) is 11.3. The number of hydrogen-bond donors (Lipinski definition) is 4. The van der Waals surface area contributed by atoms with Gasteiger partial charge in [-0.05, 0) is 99.3 Å². The summed E-state index contributed by atoms with van der Waals surface area (Å²) in [5.41, 5.74) is -1.46. The van der Waals surface area contributed by atoms with Crippen LogP contribution in [0.25, 0.3) is 0 Å². The molecule has 17 heteroatoms. The minimum atomic E-state index is -2.20. The maximum absolute atomic E-state index is 16.8. The van der Waals surface area contributed by atoms with E-state index in [2.05, 4.69) is 20.4 Å². The lowest BCUT2D eigenvalue weighted by atomic mass is 9.80. The predicted molar refractivity (Wildman–Crippen MR) is 249 cm³/mol. The van der Waals surface area contributed by atoms with Crippen molar-refractivity contribution >= 4 is 53.5 Å². The summed E-state index contributed by atoms with van der Waals surface area (Å²) in [4.78, 5) is 101. The predicted octanol–water partition coefficient (Wildman–Crippen LogP) is 5.97. The molecular formula is C51H60FN5O11. The smallest absolute Gasteiger partial charge is 0.330 e. The van der Waals surface area contributed by atoms with E-state index in [4.69, 9.17) is 4.74 Å². The second kappa shape index (κ2) is 20.9. The van der Waals surface area contributed by atoms with Gasteiger partial charge in [-0.2, -0.15) is 0 Å². The number of hydrogen-bond acceptors (Lipinski definition) is 12. The van der Waals surface area contributed by atoms with Gasteiger partial charge in [-0.25, -0.2) is 19.0 Å². The van der Waals surface area contributed by atoms with Crippen molar-refractivity contribution in [3.8, 4) is 0 Å². The van der Waals surface area contributed by atoms with Gasteiger partial charge in [-0.1, -0.05) is 61.5 Å². The van der Waals surface area contributed by atoms with Gasteiger partial charge in [0, 0.05) is 50.3 Å². The van der Waals surface area contributed by atoms with Crippen LogP contribution in [0.1, 0.15) is 106 Å². The van der Waals surface area contributed by atoms with Gasteiger partial charge in [-0.15, -0.1) is 0 Å². The molecule has 3 aromatic carbocycles. The van der Waals surface area contributed by atoms with Gasteiger partial charge in [-0.3, -0.25) is 24.0 Å². The molecule has 1 saturated carbocycles. The highest BCUT2D eigenvalue weighted by Gasteiger charge is 2.56. The van der Waals surface area contributed by atoms with E-state index in [1.807, 2.05) is 23.8 Å². The third-order valence-corrected chi connectivity index (χ3v) is 13.2. The first kappa shape index (κ1) is 50.5. The second-order valence-corrected chi connectivity index (χ2v) is 19.1. The molecule has 0 spiro atoms. The van der Waals surface area contributed by atoms with E-state index in [0.717, 1.165) is 17.3 Å². The van der Waals surface area contributed by atoms with E-state index in [9.17, 15) is 43.8 Å². The maximum atomic E-state index is 16.8. The number of carboxylic acids is 2. The number of nitrogens with one attached hydrogen (secondary N) is 2. The number of carbonyl (C=O) groups is 7. The topological polar surface area (TPSA) is 221 Å². The Labute approximate surface area is 395 Å². The summed E-state index contributed by atoms with van der Waals surface area (Å²) in [5.74, 6) is -7.35. The molecule has 0 aromatic heterocycles. The fraction of sp³-hybridized carbons (Fsp3) is 0.451. The molecule has 68 heavy (non-hydrogen) atoms. The van der Waals surface area contributed by atoms with Crippen molar-refractivity contribution < 1.29 is 57.6 Å². The summed E-state index contributed by atoms with van der Waals surface area (Å²) in [6.07, 6.45) is 2.63. The number of nitrogens with zero attached hydrogens (tertiary/aromatic N) is 3. The molecule has 0 saturated heterocycles. The molecular weight excluding hydrogens is 878 g/mol. The van der Waals surface area contributed by atoms with Crippen molar-refractivity contribution in [3.05, 3.63) is 112 Å². The fourth-order valence-corrected chi connectivity index (χ4v) is 9.34. The Morgan fingerprint density at radius 2 is 1.68 bits per heavy atom. The highest BCUT2D eigenvalue weighted by Crippen LogP contribution is 2.46. The van der Waals surface area contributed by atoms with E-state index < -0.39 is 82.4 Å².